The van der Waals surface area contributed by atoms with Crippen molar-refractivity contribution in [1.29, 1.82) is 0 Å². The Hall–Kier alpha value is -2.87. The lowest BCUT2D eigenvalue weighted by molar-refractivity contribution is -0.119. The van der Waals surface area contributed by atoms with Crippen LogP contribution >= 0.6 is 0 Å². The van der Waals surface area contributed by atoms with Crippen molar-refractivity contribution in [3.63, 3.8) is 0 Å². The van der Waals surface area contributed by atoms with Crippen LogP contribution in [0.4, 0.5) is 5.69 Å². The third-order valence-corrected chi connectivity index (χ3v) is 6.76. The second kappa shape index (κ2) is 8.94. The number of carbonyl (C=O) groups excluding carboxylic acids is 1. The number of carboxylic acids is 1. The minimum absolute atomic E-state index is 0.0214. The number of carboxylic acid groups (broad SMARTS) is 1. The molecule has 1 saturated carbocycles. The highest BCUT2D eigenvalue weighted by atomic mass is 16.4. The zero-order valence-corrected chi connectivity index (χ0v) is 19.0. The Morgan fingerprint density at radius 1 is 1.25 bits per heavy atom. The van der Waals surface area contributed by atoms with E-state index in [1.165, 1.54) is 13.1 Å². The number of rotatable bonds is 8. The van der Waals surface area contributed by atoms with E-state index in [1.807, 2.05) is 17.6 Å². The van der Waals surface area contributed by atoms with Gasteiger partial charge in [-0.3, -0.25) is 9.59 Å². The molecule has 2 heterocycles. The van der Waals surface area contributed by atoms with Crippen molar-refractivity contribution in [2.24, 2.45) is 5.92 Å². The molecule has 4 rings (SSSR count). The Balaban J connectivity index is 1.67. The van der Waals surface area contributed by atoms with Gasteiger partial charge in [0.2, 0.25) is 11.3 Å². The van der Waals surface area contributed by atoms with E-state index in [9.17, 15) is 19.5 Å². The minimum Gasteiger partial charge on any atom is -0.477 e. The molecular formula is C24H32N4O4. The summed E-state index contributed by atoms with van der Waals surface area (Å²) in [6.07, 6.45) is 4.55. The highest BCUT2D eigenvalue weighted by molar-refractivity contribution is 5.95. The fourth-order valence-corrected chi connectivity index (χ4v) is 5.00. The van der Waals surface area contributed by atoms with E-state index in [4.69, 9.17) is 0 Å². The van der Waals surface area contributed by atoms with Crippen LogP contribution in [0.25, 0.3) is 10.9 Å². The van der Waals surface area contributed by atoms with E-state index >= 15 is 0 Å². The predicted octanol–water partition coefficient (Wildman–Crippen LogP) is 2.28. The van der Waals surface area contributed by atoms with Crippen LogP contribution in [0.15, 0.2) is 23.1 Å². The molecule has 32 heavy (non-hydrogen) atoms. The molecule has 2 unspecified atom stereocenters. The second-order valence-corrected chi connectivity index (χ2v) is 9.02. The number of aromatic carboxylic acids is 1. The Morgan fingerprint density at radius 3 is 2.62 bits per heavy atom. The van der Waals surface area contributed by atoms with Gasteiger partial charge >= 0.3 is 5.97 Å². The number of aryl methyl sites for hydroxylation is 1. The maximum absolute atomic E-state index is 12.8. The Bertz CT molecular complexity index is 1110. The summed E-state index contributed by atoms with van der Waals surface area (Å²) in [6, 6.07) is 4.21. The molecule has 172 valence electrons. The summed E-state index contributed by atoms with van der Waals surface area (Å²) < 4.78 is 2.00. The van der Waals surface area contributed by atoms with Gasteiger partial charge in [-0.25, -0.2) is 4.79 Å². The van der Waals surface area contributed by atoms with E-state index in [-0.39, 0.29) is 23.6 Å². The van der Waals surface area contributed by atoms with Crippen LogP contribution in [-0.4, -0.2) is 53.8 Å². The van der Waals surface area contributed by atoms with Gasteiger partial charge < -0.3 is 25.2 Å². The van der Waals surface area contributed by atoms with Crippen LogP contribution in [0.3, 0.4) is 0 Å². The number of hydrogen-bond acceptors (Lipinski definition) is 5. The maximum atomic E-state index is 12.8. The summed E-state index contributed by atoms with van der Waals surface area (Å²) in [6.45, 7) is 8.86. The molecule has 1 aromatic carbocycles. The van der Waals surface area contributed by atoms with Gasteiger partial charge in [-0.2, -0.15) is 0 Å². The lowest BCUT2D eigenvalue weighted by Crippen LogP contribution is -2.46. The van der Waals surface area contributed by atoms with Gasteiger partial charge in [0.05, 0.1) is 5.52 Å². The van der Waals surface area contributed by atoms with Crippen molar-refractivity contribution in [3.8, 4) is 0 Å². The minimum atomic E-state index is -1.18. The number of carbonyl (C=O) groups is 2. The largest absolute Gasteiger partial charge is 0.477 e. The average molecular weight is 441 g/mol. The zero-order chi connectivity index (χ0) is 23.0. The van der Waals surface area contributed by atoms with Crippen LogP contribution < -0.4 is 21.0 Å². The van der Waals surface area contributed by atoms with E-state index in [2.05, 4.69) is 22.5 Å². The van der Waals surface area contributed by atoms with Crippen molar-refractivity contribution >= 4 is 28.5 Å². The van der Waals surface area contributed by atoms with Gasteiger partial charge in [0.25, 0.3) is 0 Å². The standard InChI is InChI=1S/C24H32N4O4/c1-4-25-20(11-26-15(3)29)16-9-10-27(12-16)21-8-7-18-22(14(21)2)28(17-5-6-17)13-19(23(18)30)24(31)32/h7-8,13,16-17,20,25H,4-6,9-12H2,1-3H3,(H,26,29)(H,31,32). The quantitative estimate of drug-likeness (QED) is 0.582. The molecule has 0 bridgehead atoms. The molecule has 8 nitrogen and oxygen atoms in total. The molecule has 1 aliphatic carbocycles. The first-order valence-corrected chi connectivity index (χ1v) is 11.5. The molecule has 1 amide bonds. The first kappa shape index (κ1) is 22.3. The number of nitrogens with one attached hydrogen (secondary N) is 2. The number of aromatic nitrogens is 1. The van der Waals surface area contributed by atoms with Gasteiger partial charge in [0.15, 0.2) is 0 Å². The molecule has 0 spiro atoms. The van der Waals surface area contributed by atoms with Gasteiger partial charge in [0, 0.05) is 55.9 Å². The van der Waals surface area contributed by atoms with E-state index < -0.39 is 11.4 Å². The number of fused-ring (bicyclic) bond motifs is 1. The third-order valence-electron chi connectivity index (χ3n) is 6.76. The van der Waals surface area contributed by atoms with Crippen LogP contribution in [0.5, 0.6) is 0 Å². The molecule has 1 aromatic heterocycles. The van der Waals surface area contributed by atoms with Gasteiger partial charge in [-0.05, 0) is 56.3 Å². The molecular weight excluding hydrogens is 408 g/mol. The summed E-state index contributed by atoms with van der Waals surface area (Å²) >= 11 is 0. The molecule has 2 aromatic rings. The van der Waals surface area contributed by atoms with Crippen molar-refractivity contribution in [1.82, 2.24) is 15.2 Å². The fourth-order valence-electron chi connectivity index (χ4n) is 5.00. The van der Waals surface area contributed by atoms with Crippen LogP contribution in [0.1, 0.15) is 55.1 Å². The molecule has 1 aliphatic heterocycles. The number of nitrogens with zero attached hydrogens (tertiary/aromatic N) is 2. The van der Waals surface area contributed by atoms with Gasteiger partial charge in [0.1, 0.15) is 5.56 Å². The first-order valence-electron chi connectivity index (χ1n) is 11.5. The summed E-state index contributed by atoms with van der Waals surface area (Å²) in [5, 5.41) is 16.4. The lowest BCUT2D eigenvalue weighted by atomic mass is 9.98. The maximum Gasteiger partial charge on any atom is 0.341 e. The fraction of sp³-hybridized carbons (Fsp3) is 0.542. The second-order valence-electron chi connectivity index (χ2n) is 9.02. The first-order chi connectivity index (χ1) is 15.3. The topological polar surface area (TPSA) is 104 Å². The summed E-state index contributed by atoms with van der Waals surface area (Å²) in [5.41, 5.74) is 2.38. The average Bonchev–Trinajstić information content (AvgIpc) is 3.48. The Kier molecular flexibility index (Phi) is 6.24. The number of likely N-dealkylation sites (N-methyl/N-ethyl adjacent to an activating group) is 1. The molecule has 2 atom stereocenters. The van der Waals surface area contributed by atoms with Crippen molar-refractivity contribution < 1.29 is 14.7 Å². The van der Waals surface area contributed by atoms with E-state index in [1.54, 1.807) is 6.07 Å². The van der Waals surface area contributed by atoms with Crippen molar-refractivity contribution in [2.75, 3.05) is 31.1 Å². The lowest BCUT2D eigenvalue weighted by Gasteiger charge is -2.27. The van der Waals surface area contributed by atoms with Gasteiger partial charge in [-0.15, -0.1) is 0 Å². The molecule has 2 fully saturated rings. The molecule has 8 heteroatoms. The highest BCUT2D eigenvalue weighted by Gasteiger charge is 2.32. The van der Waals surface area contributed by atoms with Crippen LogP contribution in [0, 0.1) is 12.8 Å². The number of benzene rings is 1. The number of pyridine rings is 1. The van der Waals surface area contributed by atoms with Crippen LogP contribution in [0.2, 0.25) is 0 Å². The zero-order valence-electron chi connectivity index (χ0n) is 19.0. The van der Waals surface area contributed by atoms with Crippen LogP contribution in [-0.2, 0) is 4.79 Å². The van der Waals surface area contributed by atoms with E-state index in [0.717, 1.165) is 55.7 Å². The summed E-state index contributed by atoms with van der Waals surface area (Å²) in [5.74, 6) is -0.798. The molecule has 0 radical (unpaired) electrons. The number of anilines is 1. The van der Waals surface area contributed by atoms with Crippen molar-refractivity contribution in [2.45, 2.75) is 52.1 Å². The predicted molar refractivity (Wildman–Crippen MR) is 125 cm³/mol. The van der Waals surface area contributed by atoms with E-state index in [0.29, 0.717) is 17.8 Å². The SMILES string of the molecule is CCNC(CNC(C)=O)C1CCN(c2ccc3c(=O)c(C(=O)O)cn(C4CC4)c3c2C)C1. The monoisotopic (exact) mass is 440 g/mol. The summed E-state index contributed by atoms with van der Waals surface area (Å²) in [7, 11) is 0. The molecule has 3 N–H and O–H groups in total. The highest BCUT2D eigenvalue weighted by Crippen LogP contribution is 2.39. The number of hydrogen-bond donors (Lipinski definition) is 3. The van der Waals surface area contributed by atoms with Crippen molar-refractivity contribution in [3.05, 3.63) is 39.7 Å². The Morgan fingerprint density at radius 2 is 2.00 bits per heavy atom. The number of amides is 1. The summed E-state index contributed by atoms with van der Waals surface area (Å²) in [4.78, 5) is 38.2. The molecule has 2 aliphatic rings. The smallest absolute Gasteiger partial charge is 0.341 e. The Labute approximate surface area is 187 Å². The normalized spacial score (nSPS) is 19.3. The molecule has 1 saturated heterocycles. The van der Waals surface area contributed by atoms with Gasteiger partial charge in [-0.1, -0.05) is 6.92 Å². The third kappa shape index (κ3) is 4.24.